The molecule has 0 radical (unpaired) electrons. The third-order valence-electron chi connectivity index (χ3n) is 2.95. The fraction of sp³-hybridized carbons (Fsp3) is 0.643. The molecule has 1 N–H and O–H groups in total. The molecular weight excluding hydrogens is 210 g/mol. The summed E-state index contributed by atoms with van der Waals surface area (Å²) in [5.41, 5.74) is 2.52. The Kier molecular flexibility index (Phi) is 5.98. The van der Waals surface area contributed by atoms with Gasteiger partial charge < -0.3 is 10.2 Å². The highest BCUT2D eigenvalue weighted by Gasteiger charge is 2.08. The van der Waals surface area contributed by atoms with E-state index >= 15 is 0 Å². The second-order valence-corrected chi connectivity index (χ2v) is 4.45. The summed E-state index contributed by atoms with van der Waals surface area (Å²) in [6.45, 7) is 9.58. The van der Waals surface area contributed by atoms with E-state index in [9.17, 15) is 0 Å². The van der Waals surface area contributed by atoms with Crippen LogP contribution in [0.3, 0.4) is 0 Å². The normalized spacial score (nSPS) is 10.6. The average Bonchev–Trinajstić information content (AvgIpc) is 2.32. The molecule has 3 heteroatoms. The van der Waals surface area contributed by atoms with Gasteiger partial charge in [0.1, 0.15) is 5.82 Å². The molecule has 0 saturated carbocycles. The first-order valence-corrected chi connectivity index (χ1v) is 6.58. The maximum absolute atomic E-state index is 4.61. The molecule has 0 spiro atoms. The van der Waals surface area contributed by atoms with Gasteiger partial charge in [-0.15, -0.1) is 0 Å². The largest absolute Gasteiger partial charge is 0.357 e. The van der Waals surface area contributed by atoms with Crippen molar-refractivity contribution in [3.63, 3.8) is 0 Å². The van der Waals surface area contributed by atoms with E-state index in [1.54, 1.807) is 0 Å². The third-order valence-corrected chi connectivity index (χ3v) is 2.95. The lowest BCUT2D eigenvalue weighted by Crippen LogP contribution is -2.25. The molecule has 0 aromatic carbocycles. The molecule has 0 saturated heterocycles. The third kappa shape index (κ3) is 4.00. The van der Waals surface area contributed by atoms with E-state index in [2.05, 4.69) is 42.0 Å². The van der Waals surface area contributed by atoms with Gasteiger partial charge in [-0.2, -0.15) is 0 Å². The topological polar surface area (TPSA) is 28.2 Å². The minimum absolute atomic E-state index is 0.884. The van der Waals surface area contributed by atoms with E-state index < -0.39 is 0 Å². The highest BCUT2D eigenvalue weighted by molar-refractivity contribution is 5.47. The molecule has 0 fully saturated rings. The van der Waals surface area contributed by atoms with Gasteiger partial charge in [0.2, 0.25) is 0 Å². The number of hydrogen-bond donors (Lipinski definition) is 1. The lowest BCUT2D eigenvalue weighted by Gasteiger charge is -2.23. The van der Waals surface area contributed by atoms with Crippen LogP contribution in [-0.2, 0) is 6.54 Å². The molecule has 0 aliphatic rings. The smallest absolute Gasteiger partial charge is 0.131 e. The zero-order chi connectivity index (χ0) is 12.7. The second kappa shape index (κ2) is 7.28. The van der Waals surface area contributed by atoms with E-state index in [-0.39, 0.29) is 0 Å². The summed E-state index contributed by atoms with van der Waals surface area (Å²) in [4.78, 5) is 6.97. The average molecular weight is 235 g/mol. The van der Waals surface area contributed by atoms with Crippen molar-refractivity contribution in [3.05, 3.63) is 23.4 Å². The van der Waals surface area contributed by atoms with Crippen molar-refractivity contribution in [3.8, 4) is 0 Å². The Bertz CT molecular complexity index is 336. The molecule has 1 rings (SSSR count). The molecule has 17 heavy (non-hydrogen) atoms. The van der Waals surface area contributed by atoms with Crippen LogP contribution in [0.25, 0.3) is 0 Å². The molecule has 0 aliphatic carbocycles. The van der Waals surface area contributed by atoms with Crippen molar-refractivity contribution < 1.29 is 0 Å². The maximum Gasteiger partial charge on any atom is 0.131 e. The zero-order valence-corrected chi connectivity index (χ0v) is 11.6. The molecule has 1 aromatic rings. The summed E-state index contributed by atoms with van der Waals surface area (Å²) < 4.78 is 0. The van der Waals surface area contributed by atoms with Crippen LogP contribution in [0.5, 0.6) is 0 Å². The van der Waals surface area contributed by atoms with Gasteiger partial charge in [-0.05, 0) is 44.5 Å². The SMILES string of the molecule is CCCCN(CC)c1ncc(CNC)cc1C. The van der Waals surface area contributed by atoms with Gasteiger partial charge in [-0.3, -0.25) is 0 Å². The Morgan fingerprint density at radius 2 is 2.12 bits per heavy atom. The maximum atomic E-state index is 4.61. The fourth-order valence-electron chi connectivity index (χ4n) is 2.02. The summed E-state index contributed by atoms with van der Waals surface area (Å²) in [5, 5.41) is 3.15. The van der Waals surface area contributed by atoms with Crippen molar-refractivity contribution >= 4 is 5.82 Å². The molecule has 0 aliphatic heterocycles. The Morgan fingerprint density at radius 3 is 2.65 bits per heavy atom. The Hall–Kier alpha value is -1.09. The molecule has 0 atom stereocenters. The molecule has 1 aromatic heterocycles. The first-order valence-electron chi connectivity index (χ1n) is 6.58. The Labute approximate surface area is 105 Å². The van der Waals surface area contributed by atoms with Crippen LogP contribution >= 0.6 is 0 Å². The number of pyridine rings is 1. The van der Waals surface area contributed by atoms with E-state index in [4.69, 9.17) is 0 Å². The van der Waals surface area contributed by atoms with Gasteiger partial charge in [0.15, 0.2) is 0 Å². The number of nitrogens with one attached hydrogen (secondary N) is 1. The minimum atomic E-state index is 0.884. The quantitative estimate of drug-likeness (QED) is 0.787. The number of hydrogen-bond acceptors (Lipinski definition) is 3. The first-order chi connectivity index (χ1) is 8.22. The molecule has 0 unspecified atom stereocenters. The number of unbranched alkanes of at least 4 members (excludes halogenated alkanes) is 1. The van der Waals surface area contributed by atoms with Crippen molar-refractivity contribution in [2.75, 3.05) is 25.0 Å². The van der Waals surface area contributed by atoms with Crippen molar-refractivity contribution in [1.29, 1.82) is 0 Å². The second-order valence-electron chi connectivity index (χ2n) is 4.45. The molecule has 1 heterocycles. The van der Waals surface area contributed by atoms with Gasteiger partial charge in [-0.1, -0.05) is 13.3 Å². The van der Waals surface area contributed by atoms with Gasteiger partial charge in [-0.25, -0.2) is 4.98 Å². The lowest BCUT2D eigenvalue weighted by molar-refractivity contribution is 0.720. The van der Waals surface area contributed by atoms with E-state index in [0.717, 1.165) is 25.5 Å². The number of aromatic nitrogens is 1. The molecule has 3 nitrogen and oxygen atoms in total. The van der Waals surface area contributed by atoms with Crippen LogP contribution < -0.4 is 10.2 Å². The summed E-state index contributed by atoms with van der Waals surface area (Å²) in [6, 6.07) is 2.23. The van der Waals surface area contributed by atoms with Crippen LogP contribution in [-0.4, -0.2) is 25.1 Å². The van der Waals surface area contributed by atoms with E-state index in [1.165, 1.54) is 24.0 Å². The molecule has 0 amide bonds. The first kappa shape index (κ1) is 14.0. The van der Waals surface area contributed by atoms with Gasteiger partial charge in [0.25, 0.3) is 0 Å². The van der Waals surface area contributed by atoms with E-state index in [1.807, 2.05) is 13.2 Å². The van der Waals surface area contributed by atoms with Crippen molar-refractivity contribution in [2.24, 2.45) is 0 Å². The molecule has 0 bridgehead atoms. The van der Waals surface area contributed by atoms with E-state index in [0.29, 0.717) is 0 Å². The fourth-order valence-corrected chi connectivity index (χ4v) is 2.02. The summed E-state index contributed by atoms with van der Waals surface area (Å²) in [5.74, 6) is 1.14. The van der Waals surface area contributed by atoms with Crippen LogP contribution in [0.2, 0.25) is 0 Å². The molecular formula is C14H25N3. The van der Waals surface area contributed by atoms with Crippen LogP contribution in [0.4, 0.5) is 5.82 Å². The Balaban J connectivity index is 2.81. The predicted molar refractivity (Wildman–Crippen MR) is 74.5 cm³/mol. The monoisotopic (exact) mass is 235 g/mol. The van der Waals surface area contributed by atoms with Crippen molar-refractivity contribution in [1.82, 2.24) is 10.3 Å². The predicted octanol–water partition coefficient (Wildman–Crippen LogP) is 2.74. The van der Waals surface area contributed by atoms with Gasteiger partial charge in [0.05, 0.1) is 0 Å². The van der Waals surface area contributed by atoms with Crippen LogP contribution in [0.15, 0.2) is 12.3 Å². The zero-order valence-electron chi connectivity index (χ0n) is 11.6. The Morgan fingerprint density at radius 1 is 1.35 bits per heavy atom. The highest BCUT2D eigenvalue weighted by atomic mass is 15.2. The minimum Gasteiger partial charge on any atom is -0.357 e. The van der Waals surface area contributed by atoms with Gasteiger partial charge >= 0.3 is 0 Å². The van der Waals surface area contributed by atoms with Crippen molar-refractivity contribution in [2.45, 2.75) is 40.2 Å². The highest BCUT2D eigenvalue weighted by Crippen LogP contribution is 2.18. The summed E-state index contributed by atoms with van der Waals surface area (Å²) in [6.07, 6.45) is 4.44. The van der Waals surface area contributed by atoms with Crippen LogP contribution in [0, 0.1) is 6.92 Å². The summed E-state index contributed by atoms with van der Waals surface area (Å²) in [7, 11) is 1.96. The molecule has 96 valence electrons. The summed E-state index contributed by atoms with van der Waals surface area (Å²) >= 11 is 0. The number of aryl methyl sites for hydroxylation is 1. The number of anilines is 1. The number of nitrogens with zero attached hydrogens (tertiary/aromatic N) is 2. The van der Waals surface area contributed by atoms with Crippen LogP contribution in [0.1, 0.15) is 37.8 Å². The number of rotatable bonds is 7. The standard InChI is InChI=1S/C14H25N3/c1-5-7-8-17(6-2)14-12(3)9-13(10-15-4)11-16-14/h9,11,15H,5-8,10H2,1-4H3. The van der Waals surface area contributed by atoms with Gasteiger partial charge in [0, 0.05) is 25.8 Å². The lowest BCUT2D eigenvalue weighted by atomic mass is 10.2.